The van der Waals surface area contributed by atoms with Gasteiger partial charge in [-0.3, -0.25) is 4.79 Å². The van der Waals surface area contributed by atoms with Crippen LogP contribution in [0.4, 0.5) is 5.13 Å². The Balaban J connectivity index is 1.96. The molecule has 2 heterocycles. The maximum absolute atomic E-state index is 11.6. The van der Waals surface area contributed by atoms with Gasteiger partial charge in [0.2, 0.25) is 0 Å². The molecule has 6 heteroatoms. The number of carbonyl (C=O) groups excluding carboxylic acids is 1. The van der Waals surface area contributed by atoms with Crippen LogP contribution in [0.2, 0.25) is 0 Å². The summed E-state index contributed by atoms with van der Waals surface area (Å²) in [6, 6.07) is 0. The summed E-state index contributed by atoms with van der Waals surface area (Å²) in [6.07, 6.45) is 0. The second-order valence-electron chi connectivity index (χ2n) is 3.33. The van der Waals surface area contributed by atoms with E-state index < -0.39 is 0 Å². The first kappa shape index (κ1) is 11.1. The fourth-order valence-electron chi connectivity index (χ4n) is 1.23. The Morgan fingerprint density at radius 2 is 2.31 bits per heavy atom. The SMILES string of the molecule is Cc1cscc1CNC(=O)c1csc(N)n1. The highest BCUT2D eigenvalue weighted by Gasteiger charge is 2.09. The third kappa shape index (κ3) is 2.40. The molecule has 0 fully saturated rings. The zero-order chi connectivity index (χ0) is 11.5. The lowest BCUT2D eigenvalue weighted by molar-refractivity contribution is 0.0946. The number of hydrogen-bond donors (Lipinski definition) is 2. The van der Waals surface area contributed by atoms with Crippen molar-refractivity contribution in [3.8, 4) is 0 Å². The van der Waals surface area contributed by atoms with Crippen molar-refractivity contribution in [2.24, 2.45) is 0 Å². The quantitative estimate of drug-likeness (QED) is 0.879. The van der Waals surface area contributed by atoms with E-state index in [9.17, 15) is 4.79 Å². The monoisotopic (exact) mass is 253 g/mol. The number of carbonyl (C=O) groups is 1. The molecule has 0 saturated carbocycles. The Morgan fingerprint density at radius 3 is 2.88 bits per heavy atom. The third-order valence-corrected chi connectivity index (χ3v) is 3.74. The zero-order valence-corrected chi connectivity index (χ0v) is 10.3. The van der Waals surface area contributed by atoms with Crippen molar-refractivity contribution < 1.29 is 4.79 Å². The summed E-state index contributed by atoms with van der Waals surface area (Å²) in [4.78, 5) is 15.6. The van der Waals surface area contributed by atoms with E-state index in [2.05, 4.69) is 15.7 Å². The Labute approximate surface area is 101 Å². The van der Waals surface area contributed by atoms with Gasteiger partial charge in [0.15, 0.2) is 5.13 Å². The average Bonchev–Trinajstić information content (AvgIpc) is 2.84. The summed E-state index contributed by atoms with van der Waals surface area (Å²) in [5.74, 6) is -0.182. The molecule has 2 aromatic rings. The minimum absolute atomic E-state index is 0.182. The van der Waals surface area contributed by atoms with Crippen LogP contribution in [0.25, 0.3) is 0 Å². The Morgan fingerprint density at radius 1 is 1.50 bits per heavy atom. The molecule has 0 spiro atoms. The summed E-state index contributed by atoms with van der Waals surface area (Å²) in [7, 11) is 0. The fourth-order valence-corrected chi connectivity index (χ4v) is 2.63. The number of nitrogen functional groups attached to an aromatic ring is 1. The number of thiophene rings is 1. The van der Waals surface area contributed by atoms with E-state index in [4.69, 9.17) is 5.73 Å². The molecule has 1 amide bonds. The first-order valence-corrected chi connectivity index (χ1v) is 6.50. The van der Waals surface area contributed by atoms with Crippen LogP contribution in [0.3, 0.4) is 0 Å². The molecule has 0 aliphatic rings. The van der Waals surface area contributed by atoms with Gasteiger partial charge in [-0.25, -0.2) is 4.98 Å². The molecular weight excluding hydrogens is 242 g/mol. The number of aromatic nitrogens is 1. The summed E-state index contributed by atoms with van der Waals surface area (Å²) < 4.78 is 0. The van der Waals surface area contributed by atoms with E-state index in [1.807, 2.05) is 12.3 Å². The zero-order valence-electron chi connectivity index (χ0n) is 8.69. The number of anilines is 1. The van der Waals surface area contributed by atoms with Crippen LogP contribution in [0, 0.1) is 6.92 Å². The number of amides is 1. The van der Waals surface area contributed by atoms with Gasteiger partial charge in [-0.1, -0.05) is 0 Å². The molecule has 0 aliphatic heterocycles. The lowest BCUT2D eigenvalue weighted by atomic mass is 10.2. The Kier molecular flexibility index (Phi) is 3.21. The first-order valence-electron chi connectivity index (χ1n) is 4.67. The number of nitrogens with zero attached hydrogens (tertiary/aromatic N) is 1. The van der Waals surface area contributed by atoms with Crippen molar-refractivity contribution in [3.05, 3.63) is 33.0 Å². The van der Waals surface area contributed by atoms with E-state index in [-0.39, 0.29) is 5.91 Å². The topological polar surface area (TPSA) is 68.0 Å². The van der Waals surface area contributed by atoms with Crippen molar-refractivity contribution in [2.75, 3.05) is 5.73 Å². The molecule has 0 aliphatic carbocycles. The minimum Gasteiger partial charge on any atom is -0.375 e. The molecule has 2 aromatic heterocycles. The molecule has 0 atom stereocenters. The van der Waals surface area contributed by atoms with Gasteiger partial charge in [0.25, 0.3) is 5.91 Å². The van der Waals surface area contributed by atoms with Crippen LogP contribution in [0.1, 0.15) is 21.6 Å². The number of nitrogens with two attached hydrogens (primary N) is 1. The largest absolute Gasteiger partial charge is 0.375 e. The van der Waals surface area contributed by atoms with Gasteiger partial charge in [0, 0.05) is 11.9 Å². The molecule has 16 heavy (non-hydrogen) atoms. The maximum atomic E-state index is 11.6. The van der Waals surface area contributed by atoms with Crippen LogP contribution in [-0.4, -0.2) is 10.9 Å². The van der Waals surface area contributed by atoms with Crippen molar-refractivity contribution in [1.29, 1.82) is 0 Å². The highest BCUT2D eigenvalue weighted by molar-refractivity contribution is 7.13. The minimum atomic E-state index is -0.182. The van der Waals surface area contributed by atoms with Crippen LogP contribution < -0.4 is 11.1 Å². The van der Waals surface area contributed by atoms with Gasteiger partial charge in [-0.05, 0) is 28.8 Å². The molecule has 0 bridgehead atoms. The number of rotatable bonds is 3. The molecule has 3 N–H and O–H groups in total. The highest BCUT2D eigenvalue weighted by atomic mass is 32.1. The van der Waals surface area contributed by atoms with E-state index >= 15 is 0 Å². The molecule has 4 nitrogen and oxygen atoms in total. The fraction of sp³-hybridized carbons (Fsp3) is 0.200. The predicted octanol–water partition coefficient (Wildman–Crippen LogP) is 2.03. The van der Waals surface area contributed by atoms with E-state index in [1.54, 1.807) is 16.7 Å². The van der Waals surface area contributed by atoms with Crippen LogP contribution in [-0.2, 0) is 6.54 Å². The van der Waals surface area contributed by atoms with Crippen LogP contribution in [0.5, 0.6) is 0 Å². The molecule has 0 saturated heterocycles. The van der Waals surface area contributed by atoms with Gasteiger partial charge in [0.1, 0.15) is 5.69 Å². The number of aryl methyl sites for hydroxylation is 1. The molecule has 84 valence electrons. The number of hydrogen-bond acceptors (Lipinski definition) is 5. The van der Waals surface area contributed by atoms with Crippen molar-refractivity contribution in [1.82, 2.24) is 10.3 Å². The molecular formula is C10H11N3OS2. The van der Waals surface area contributed by atoms with Gasteiger partial charge in [0.05, 0.1) is 0 Å². The van der Waals surface area contributed by atoms with E-state index in [0.29, 0.717) is 17.4 Å². The summed E-state index contributed by atoms with van der Waals surface area (Å²) >= 11 is 2.90. The third-order valence-electron chi connectivity index (χ3n) is 2.16. The lowest BCUT2D eigenvalue weighted by Crippen LogP contribution is -2.23. The van der Waals surface area contributed by atoms with Crippen LogP contribution in [0.15, 0.2) is 16.1 Å². The van der Waals surface area contributed by atoms with Gasteiger partial charge >= 0.3 is 0 Å². The molecule has 0 radical (unpaired) electrons. The second kappa shape index (κ2) is 4.63. The smallest absolute Gasteiger partial charge is 0.271 e. The molecule has 2 rings (SSSR count). The molecule has 0 unspecified atom stereocenters. The van der Waals surface area contributed by atoms with Gasteiger partial charge < -0.3 is 11.1 Å². The standard InChI is InChI=1S/C10H11N3OS2/c1-6-3-15-4-7(6)2-12-9(14)8-5-16-10(11)13-8/h3-5H,2H2,1H3,(H2,11,13)(H,12,14). The number of thiazole rings is 1. The first-order chi connectivity index (χ1) is 7.66. The normalized spacial score (nSPS) is 10.3. The maximum Gasteiger partial charge on any atom is 0.271 e. The molecule has 0 aromatic carbocycles. The predicted molar refractivity (Wildman–Crippen MR) is 66.8 cm³/mol. The van der Waals surface area contributed by atoms with E-state index in [1.165, 1.54) is 16.9 Å². The van der Waals surface area contributed by atoms with Crippen molar-refractivity contribution in [2.45, 2.75) is 13.5 Å². The summed E-state index contributed by atoms with van der Waals surface area (Å²) in [5, 5.41) is 8.97. The Hall–Kier alpha value is -1.40. The Bertz CT molecular complexity index is 504. The van der Waals surface area contributed by atoms with Gasteiger partial charge in [-0.15, -0.1) is 11.3 Å². The van der Waals surface area contributed by atoms with Crippen molar-refractivity contribution >= 4 is 33.7 Å². The number of nitrogens with one attached hydrogen (secondary N) is 1. The second-order valence-corrected chi connectivity index (χ2v) is 4.97. The van der Waals surface area contributed by atoms with Crippen LogP contribution >= 0.6 is 22.7 Å². The summed E-state index contributed by atoms with van der Waals surface area (Å²) in [5.41, 5.74) is 8.18. The average molecular weight is 253 g/mol. The summed E-state index contributed by atoms with van der Waals surface area (Å²) in [6.45, 7) is 2.56. The highest BCUT2D eigenvalue weighted by Crippen LogP contribution is 2.14. The van der Waals surface area contributed by atoms with Crippen molar-refractivity contribution in [3.63, 3.8) is 0 Å². The van der Waals surface area contributed by atoms with Gasteiger partial charge in [-0.2, -0.15) is 11.3 Å². The lowest BCUT2D eigenvalue weighted by Gasteiger charge is -2.02. The van der Waals surface area contributed by atoms with E-state index in [0.717, 1.165) is 5.56 Å².